The monoisotopic (exact) mass is 719 g/mol. The molecule has 0 bridgehead atoms. The fraction of sp³-hybridized carbons (Fsp3) is 0.0385. The van der Waals surface area contributed by atoms with E-state index in [-0.39, 0.29) is 0 Å². The Labute approximate surface area is 321 Å². The van der Waals surface area contributed by atoms with E-state index in [4.69, 9.17) is 13.3 Å². The second-order valence-corrected chi connectivity index (χ2v) is 14.7. The molecule has 264 valence electrons. The largest absolute Gasteiger partial charge is 0.456 e. The summed E-state index contributed by atoms with van der Waals surface area (Å²) in [4.78, 5) is 2.39. The second-order valence-electron chi connectivity index (χ2n) is 14.7. The highest BCUT2D eigenvalue weighted by Crippen LogP contribution is 2.48. The van der Waals surface area contributed by atoms with Crippen LogP contribution in [0.1, 0.15) is 12.8 Å². The number of nitrogens with zero attached hydrogens (tertiary/aromatic N) is 1. The quantitative estimate of drug-likeness (QED) is 0.178. The summed E-state index contributed by atoms with van der Waals surface area (Å²) in [5.41, 5.74) is 12.7. The van der Waals surface area contributed by atoms with Crippen LogP contribution in [0.4, 0.5) is 11.4 Å². The van der Waals surface area contributed by atoms with Gasteiger partial charge in [-0.1, -0.05) is 127 Å². The van der Waals surface area contributed by atoms with Gasteiger partial charge in [0.15, 0.2) is 0 Å². The van der Waals surface area contributed by atoms with Crippen LogP contribution in [0.3, 0.4) is 0 Å². The molecular formula is C52H33NO3. The molecule has 1 aliphatic carbocycles. The molecule has 0 fully saturated rings. The summed E-state index contributed by atoms with van der Waals surface area (Å²) in [6.07, 6.45) is 8.91. The molecule has 0 amide bonds. The normalized spacial score (nSPS) is 13.2. The zero-order valence-electron chi connectivity index (χ0n) is 30.3. The van der Waals surface area contributed by atoms with Crippen LogP contribution in [0.25, 0.3) is 98.8 Å². The lowest BCUT2D eigenvalue weighted by Crippen LogP contribution is -2.16. The lowest BCUT2D eigenvalue weighted by atomic mass is 9.95. The van der Waals surface area contributed by atoms with Gasteiger partial charge in [0.05, 0.1) is 11.1 Å². The molecule has 4 nitrogen and oxygen atoms in total. The van der Waals surface area contributed by atoms with Crippen LogP contribution in [-0.4, -0.2) is 0 Å². The predicted octanol–water partition coefficient (Wildman–Crippen LogP) is 15.2. The summed E-state index contributed by atoms with van der Waals surface area (Å²) in [6.45, 7) is 0. The summed E-state index contributed by atoms with van der Waals surface area (Å²) in [5, 5.41) is 8.91. The summed E-state index contributed by atoms with van der Waals surface area (Å²) < 4.78 is 20.0. The van der Waals surface area contributed by atoms with Crippen molar-refractivity contribution in [3.63, 3.8) is 0 Å². The molecule has 0 spiro atoms. The van der Waals surface area contributed by atoms with Crippen LogP contribution in [0, 0.1) is 0 Å². The number of anilines is 2. The minimum Gasteiger partial charge on any atom is -0.456 e. The Morgan fingerprint density at radius 1 is 0.411 bits per heavy atom. The van der Waals surface area contributed by atoms with Crippen molar-refractivity contribution >= 4 is 88.0 Å². The zero-order chi connectivity index (χ0) is 36.7. The number of hydrogen-bond acceptors (Lipinski definition) is 4. The third-order valence-electron chi connectivity index (χ3n) is 11.5. The van der Waals surface area contributed by atoms with Gasteiger partial charge in [-0.15, -0.1) is 0 Å². The number of para-hydroxylation sites is 3. The Bertz CT molecular complexity index is 3440. The number of furan rings is 3. The molecule has 3 heterocycles. The minimum atomic E-state index is 0.835. The Morgan fingerprint density at radius 3 is 1.73 bits per heavy atom. The summed E-state index contributed by atoms with van der Waals surface area (Å²) in [6, 6.07) is 55.5. The maximum Gasteiger partial charge on any atom is 0.143 e. The van der Waals surface area contributed by atoms with Crippen LogP contribution in [-0.2, 0) is 0 Å². The van der Waals surface area contributed by atoms with E-state index in [1.807, 2.05) is 18.2 Å². The Kier molecular flexibility index (Phi) is 6.72. The zero-order valence-corrected chi connectivity index (χ0v) is 30.3. The van der Waals surface area contributed by atoms with Crippen molar-refractivity contribution in [3.8, 4) is 22.3 Å². The van der Waals surface area contributed by atoms with Crippen LogP contribution >= 0.6 is 0 Å². The first-order valence-corrected chi connectivity index (χ1v) is 19.2. The Balaban J connectivity index is 1.07. The van der Waals surface area contributed by atoms with E-state index < -0.39 is 0 Å². The molecule has 0 saturated carbocycles. The van der Waals surface area contributed by atoms with Crippen molar-refractivity contribution in [1.82, 2.24) is 0 Å². The number of fused-ring (bicyclic) bond motifs is 10. The highest BCUT2D eigenvalue weighted by molar-refractivity contribution is 6.22. The first kappa shape index (κ1) is 31.1. The van der Waals surface area contributed by atoms with E-state index in [9.17, 15) is 0 Å². The van der Waals surface area contributed by atoms with Gasteiger partial charge >= 0.3 is 0 Å². The molecule has 8 aromatic carbocycles. The maximum atomic E-state index is 6.93. The molecule has 0 N–H and O–H groups in total. The SMILES string of the molecule is C1=CC(N(c2ccc3ccccc3c2)c2cccc3oc4c(-c5cccc6oc7c(-c8cccc9oc%10ccccc%10c89)cccc7c56)cccc4c23)=CCC1. The number of benzene rings is 8. The van der Waals surface area contributed by atoms with Crippen LogP contribution in [0.5, 0.6) is 0 Å². The number of allylic oxidation sites excluding steroid dienone is 3. The fourth-order valence-electron chi connectivity index (χ4n) is 9.02. The maximum absolute atomic E-state index is 6.93. The highest BCUT2D eigenvalue weighted by atomic mass is 16.3. The minimum absolute atomic E-state index is 0.835. The van der Waals surface area contributed by atoms with E-state index in [0.29, 0.717) is 0 Å². The fourth-order valence-corrected chi connectivity index (χ4v) is 9.02. The molecule has 4 heteroatoms. The lowest BCUT2D eigenvalue weighted by Gasteiger charge is -2.28. The molecular weight excluding hydrogens is 687 g/mol. The average Bonchev–Trinajstić information content (AvgIpc) is 3.96. The van der Waals surface area contributed by atoms with Crippen molar-refractivity contribution in [1.29, 1.82) is 0 Å². The van der Waals surface area contributed by atoms with Gasteiger partial charge in [-0.3, -0.25) is 0 Å². The Hall–Kier alpha value is -7.30. The third kappa shape index (κ3) is 4.59. The standard InChI is InChI=1S/C52H33NO3/c1-2-15-34(16-3-1)53(35-30-29-32-13-4-5-14-33(32)31-35)43-24-12-28-47-50(43)42-23-9-21-39(52(42)56-47)37-19-11-27-46-49(37)41-22-8-20-38(51(41)55-46)36-18-10-26-45-48(36)40-17-6-7-25-44(40)54-45/h2,4-31H,1,3H2. The highest BCUT2D eigenvalue weighted by Gasteiger charge is 2.24. The van der Waals surface area contributed by atoms with Gasteiger partial charge in [0, 0.05) is 49.4 Å². The first-order valence-electron chi connectivity index (χ1n) is 19.2. The van der Waals surface area contributed by atoms with Crippen molar-refractivity contribution in [2.45, 2.75) is 12.8 Å². The van der Waals surface area contributed by atoms with Crippen molar-refractivity contribution < 1.29 is 13.3 Å². The van der Waals surface area contributed by atoms with Gasteiger partial charge in [-0.25, -0.2) is 0 Å². The van der Waals surface area contributed by atoms with Gasteiger partial charge in [-0.05, 0) is 83.3 Å². The van der Waals surface area contributed by atoms with E-state index >= 15 is 0 Å². The van der Waals surface area contributed by atoms with Gasteiger partial charge in [0.1, 0.15) is 33.5 Å². The van der Waals surface area contributed by atoms with Gasteiger partial charge < -0.3 is 18.2 Å². The van der Waals surface area contributed by atoms with Gasteiger partial charge in [0.2, 0.25) is 0 Å². The van der Waals surface area contributed by atoms with Crippen LogP contribution in [0.2, 0.25) is 0 Å². The second kappa shape index (κ2) is 12.1. The topological polar surface area (TPSA) is 42.7 Å². The molecule has 0 radical (unpaired) electrons. The molecule has 0 aliphatic heterocycles. The van der Waals surface area contributed by atoms with Crippen LogP contribution in [0.15, 0.2) is 195 Å². The molecule has 11 aromatic rings. The molecule has 12 rings (SSSR count). The average molecular weight is 720 g/mol. The number of rotatable bonds is 5. The predicted molar refractivity (Wildman–Crippen MR) is 232 cm³/mol. The summed E-state index contributed by atoms with van der Waals surface area (Å²) in [5.74, 6) is 0. The van der Waals surface area contributed by atoms with Crippen molar-refractivity contribution in [3.05, 3.63) is 182 Å². The van der Waals surface area contributed by atoms with E-state index in [2.05, 4.69) is 163 Å². The molecule has 0 atom stereocenters. The third-order valence-corrected chi connectivity index (χ3v) is 11.5. The van der Waals surface area contributed by atoms with Crippen molar-refractivity contribution in [2.24, 2.45) is 0 Å². The van der Waals surface area contributed by atoms with Crippen molar-refractivity contribution in [2.75, 3.05) is 4.90 Å². The molecule has 0 saturated heterocycles. The van der Waals surface area contributed by atoms with E-state index in [1.165, 1.54) is 10.8 Å². The van der Waals surface area contributed by atoms with Crippen LogP contribution < -0.4 is 4.90 Å². The lowest BCUT2D eigenvalue weighted by molar-refractivity contribution is 0.668. The smallest absolute Gasteiger partial charge is 0.143 e. The Morgan fingerprint density at radius 2 is 0.982 bits per heavy atom. The molecule has 0 unspecified atom stereocenters. The molecule has 1 aliphatic rings. The molecule has 56 heavy (non-hydrogen) atoms. The molecule has 3 aromatic heterocycles. The van der Waals surface area contributed by atoms with Gasteiger partial charge in [-0.2, -0.15) is 0 Å². The van der Waals surface area contributed by atoms with E-state index in [0.717, 1.165) is 118 Å². The van der Waals surface area contributed by atoms with E-state index in [1.54, 1.807) is 0 Å². The van der Waals surface area contributed by atoms with Gasteiger partial charge in [0.25, 0.3) is 0 Å². The summed E-state index contributed by atoms with van der Waals surface area (Å²) >= 11 is 0. The summed E-state index contributed by atoms with van der Waals surface area (Å²) in [7, 11) is 0. The number of hydrogen-bond donors (Lipinski definition) is 0. The first-order chi connectivity index (χ1) is 27.8.